The predicted molar refractivity (Wildman–Crippen MR) is 68.5 cm³/mol. The summed E-state index contributed by atoms with van der Waals surface area (Å²) in [5, 5.41) is 11.9. The summed E-state index contributed by atoms with van der Waals surface area (Å²) in [6.07, 6.45) is 0. The predicted octanol–water partition coefficient (Wildman–Crippen LogP) is 2.41. The lowest BCUT2D eigenvalue weighted by atomic mass is 10.3. The van der Waals surface area contributed by atoms with E-state index in [2.05, 4.69) is 20.3 Å². The van der Waals surface area contributed by atoms with Crippen molar-refractivity contribution in [3.8, 4) is 6.07 Å². The van der Waals surface area contributed by atoms with Crippen molar-refractivity contribution in [1.29, 1.82) is 5.26 Å². The van der Waals surface area contributed by atoms with Crippen LogP contribution in [0, 0.1) is 32.1 Å². The standard InChI is InChI=1S/C13H13N5/c1-8-4-5-12(10(3)15-8)18-13-16-9(2)6-11(7-14)17-13/h4-6H,1-3H3,(H,16,17,18). The highest BCUT2D eigenvalue weighted by atomic mass is 15.1. The summed E-state index contributed by atoms with van der Waals surface area (Å²) >= 11 is 0. The summed E-state index contributed by atoms with van der Waals surface area (Å²) in [6.45, 7) is 5.68. The maximum atomic E-state index is 8.86. The molecular formula is C13H13N5. The number of nitrogens with one attached hydrogen (secondary N) is 1. The Morgan fingerprint density at radius 3 is 2.50 bits per heavy atom. The average molecular weight is 239 g/mol. The molecule has 0 atom stereocenters. The van der Waals surface area contributed by atoms with Crippen LogP contribution in [0.25, 0.3) is 0 Å². The molecule has 0 aliphatic heterocycles. The van der Waals surface area contributed by atoms with Crippen LogP contribution in [0.1, 0.15) is 22.8 Å². The van der Waals surface area contributed by atoms with Crippen LogP contribution in [0.4, 0.5) is 11.6 Å². The van der Waals surface area contributed by atoms with Gasteiger partial charge in [0.05, 0.1) is 11.4 Å². The number of aromatic nitrogens is 3. The number of hydrogen-bond acceptors (Lipinski definition) is 5. The molecule has 0 aromatic carbocycles. The first-order valence-electron chi connectivity index (χ1n) is 5.55. The van der Waals surface area contributed by atoms with E-state index >= 15 is 0 Å². The van der Waals surface area contributed by atoms with E-state index in [0.717, 1.165) is 22.8 Å². The fourth-order valence-electron chi connectivity index (χ4n) is 1.62. The van der Waals surface area contributed by atoms with Crippen LogP contribution in [0.2, 0.25) is 0 Å². The topological polar surface area (TPSA) is 74.5 Å². The maximum absolute atomic E-state index is 8.86. The van der Waals surface area contributed by atoms with E-state index in [4.69, 9.17) is 5.26 Å². The molecule has 0 bridgehead atoms. The molecule has 0 spiro atoms. The highest BCUT2D eigenvalue weighted by molar-refractivity contribution is 5.56. The van der Waals surface area contributed by atoms with Crippen molar-refractivity contribution in [1.82, 2.24) is 15.0 Å². The molecular weight excluding hydrogens is 226 g/mol. The number of nitriles is 1. The number of rotatable bonds is 2. The van der Waals surface area contributed by atoms with E-state index in [1.165, 1.54) is 0 Å². The van der Waals surface area contributed by atoms with Gasteiger partial charge in [0.1, 0.15) is 11.8 Å². The van der Waals surface area contributed by atoms with Crippen molar-refractivity contribution >= 4 is 11.6 Å². The van der Waals surface area contributed by atoms with E-state index in [0.29, 0.717) is 11.6 Å². The Morgan fingerprint density at radius 2 is 1.83 bits per heavy atom. The molecule has 0 radical (unpaired) electrons. The Morgan fingerprint density at radius 1 is 1.06 bits per heavy atom. The van der Waals surface area contributed by atoms with Gasteiger partial charge in [0, 0.05) is 11.4 Å². The first-order valence-corrected chi connectivity index (χ1v) is 5.55. The van der Waals surface area contributed by atoms with Gasteiger partial charge in [0.2, 0.25) is 5.95 Å². The van der Waals surface area contributed by atoms with Crippen LogP contribution in [-0.4, -0.2) is 15.0 Å². The Hall–Kier alpha value is -2.48. The number of pyridine rings is 1. The van der Waals surface area contributed by atoms with Gasteiger partial charge in [-0.25, -0.2) is 9.97 Å². The normalized spacial score (nSPS) is 9.89. The molecule has 5 heteroatoms. The van der Waals surface area contributed by atoms with Crippen molar-refractivity contribution in [3.63, 3.8) is 0 Å². The summed E-state index contributed by atoms with van der Waals surface area (Å²) < 4.78 is 0. The van der Waals surface area contributed by atoms with Gasteiger partial charge < -0.3 is 5.32 Å². The first-order chi connectivity index (χ1) is 8.58. The second-order valence-corrected chi connectivity index (χ2v) is 4.04. The van der Waals surface area contributed by atoms with Crippen molar-refractivity contribution in [3.05, 3.63) is 41.0 Å². The highest BCUT2D eigenvalue weighted by Crippen LogP contribution is 2.17. The van der Waals surface area contributed by atoms with Crippen molar-refractivity contribution in [2.24, 2.45) is 0 Å². The third-order valence-corrected chi connectivity index (χ3v) is 2.44. The lowest BCUT2D eigenvalue weighted by Gasteiger charge is -2.08. The van der Waals surface area contributed by atoms with Crippen LogP contribution in [0.5, 0.6) is 0 Å². The number of anilines is 2. The zero-order valence-corrected chi connectivity index (χ0v) is 10.5. The molecule has 2 heterocycles. The minimum absolute atomic E-state index is 0.350. The van der Waals surface area contributed by atoms with Gasteiger partial charge in [-0.3, -0.25) is 4.98 Å². The molecule has 5 nitrogen and oxygen atoms in total. The van der Waals surface area contributed by atoms with Crippen molar-refractivity contribution in [2.45, 2.75) is 20.8 Å². The fourth-order valence-corrected chi connectivity index (χ4v) is 1.62. The summed E-state index contributed by atoms with van der Waals surface area (Å²) in [4.78, 5) is 12.7. The molecule has 2 aromatic heterocycles. The Labute approximate surface area is 106 Å². The van der Waals surface area contributed by atoms with Crippen LogP contribution < -0.4 is 5.32 Å². The molecule has 0 aliphatic rings. The fraction of sp³-hybridized carbons (Fsp3) is 0.231. The minimum atomic E-state index is 0.350. The molecule has 0 amide bonds. The summed E-state index contributed by atoms with van der Waals surface area (Å²) in [6, 6.07) is 7.49. The molecule has 18 heavy (non-hydrogen) atoms. The quantitative estimate of drug-likeness (QED) is 0.871. The molecule has 90 valence electrons. The lowest BCUT2D eigenvalue weighted by Crippen LogP contribution is -2.02. The van der Waals surface area contributed by atoms with E-state index in [-0.39, 0.29) is 0 Å². The largest absolute Gasteiger partial charge is 0.323 e. The van der Waals surface area contributed by atoms with Gasteiger partial charge in [-0.1, -0.05) is 0 Å². The second-order valence-electron chi connectivity index (χ2n) is 4.04. The average Bonchev–Trinajstić information content (AvgIpc) is 2.32. The van der Waals surface area contributed by atoms with E-state index < -0.39 is 0 Å². The van der Waals surface area contributed by atoms with Crippen LogP contribution in [0.3, 0.4) is 0 Å². The zero-order chi connectivity index (χ0) is 13.1. The monoisotopic (exact) mass is 239 g/mol. The Balaban J connectivity index is 2.34. The minimum Gasteiger partial charge on any atom is -0.323 e. The van der Waals surface area contributed by atoms with Crippen molar-refractivity contribution < 1.29 is 0 Å². The molecule has 0 fully saturated rings. The van der Waals surface area contributed by atoms with Gasteiger partial charge in [-0.2, -0.15) is 5.26 Å². The van der Waals surface area contributed by atoms with Crippen LogP contribution in [-0.2, 0) is 0 Å². The van der Waals surface area contributed by atoms with Gasteiger partial charge in [-0.05, 0) is 39.0 Å². The molecule has 0 saturated heterocycles. The Kier molecular flexibility index (Phi) is 3.20. The molecule has 2 aromatic rings. The number of hydrogen-bond donors (Lipinski definition) is 1. The van der Waals surface area contributed by atoms with Gasteiger partial charge in [0.15, 0.2) is 0 Å². The molecule has 0 saturated carbocycles. The smallest absolute Gasteiger partial charge is 0.228 e. The van der Waals surface area contributed by atoms with E-state index in [9.17, 15) is 0 Å². The first kappa shape index (κ1) is 12.0. The van der Waals surface area contributed by atoms with E-state index in [1.54, 1.807) is 6.07 Å². The maximum Gasteiger partial charge on any atom is 0.228 e. The summed E-state index contributed by atoms with van der Waals surface area (Å²) in [5.41, 5.74) is 3.78. The second kappa shape index (κ2) is 4.80. The van der Waals surface area contributed by atoms with E-state index in [1.807, 2.05) is 39.0 Å². The van der Waals surface area contributed by atoms with Gasteiger partial charge in [-0.15, -0.1) is 0 Å². The SMILES string of the molecule is Cc1cc(C#N)nc(Nc2ccc(C)nc2C)n1. The zero-order valence-electron chi connectivity index (χ0n) is 10.5. The highest BCUT2D eigenvalue weighted by Gasteiger charge is 2.05. The molecule has 0 aliphatic carbocycles. The lowest BCUT2D eigenvalue weighted by molar-refractivity contribution is 1.07. The van der Waals surface area contributed by atoms with Gasteiger partial charge >= 0.3 is 0 Å². The van der Waals surface area contributed by atoms with Crippen LogP contribution in [0.15, 0.2) is 18.2 Å². The van der Waals surface area contributed by atoms with Gasteiger partial charge in [0.25, 0.3) is 0 Å². The number of nitrogens with zero attached hydrogens (tertiary/aromatic N) is 4. The summed E-state index contributed by atoms with van der Waals surface area (Å²) in [5.74, 6) is 0.417. The molecule has 2 rings (SSSR count). The summed E-state index contributed by atoms with van der Waals surface area (Å²) in [7, 11) is 0. The Bertz CT molecular complexity index is 628. The van der Waals surface area contributed by atoms with Crippen molar-refractivity contribution in [2.75, 3.05) is 5.32 Å². The third-order valence-electron chi connectivity index (χ3n) is 2.44. The van der Waals surface area contributed by atoms with Crippen LogP contribution >= 0.6 is 0 Å². The number of aryl methyl sites for hydroxylation is 3. The third kappa shape index (κ3) is 2.61. The molecule has 0 unspecified atom stereocenters. The molecule has 1 N–H and O–H groups in total.